The molecule has 0 saturated heterocycles. The lowest BCUT2D eigenvalue weighted by molar-refractivity contribution is -0.125. The Bertz CT molecular complexity index is 596. The van der Waals surface area contributed by atoms with E-state index in [1.807, 2.05) is 6.08 Å². The summed E-state index contributed by atoms with van der Waals surface area (Å²) in [6.45, 7) is 4.19. The molecular formula is C38H75NO4. The van der Waals surface area contributed by atoms with E-state index >= 15 is 0 Å². The molecule has 5 nitrogen and oxygen atoms in total. The van der Waals surface area contributed by atoms with Crippen LogP contribution in [0.3, 0.4) is 0 Å². The van der Waals surface area contributed by atoms with Crippen LogP contribution in [0, 0.1) is 0 Å². The second-order valence-electron chi connectivity index (χ2n) is 13.2. The van der Waals surface area contributed by atoms with Crippen LogP contribution in [0.25, 0.3) is 0 Å². The number of carbonyl (C=O) groups is 1. The van der Waals surface area contributed by atoms with Crippen LogP contribution in [-0.2, 0) is 4.79 Å². The highest BCUT2D eigenvalue weighted by molar-refractivity contribution is 5.76. The molecule has 0 aliphatic heterocycles. The molecule has 0 radical (unpaired) electrons. The predicted molar refractivity (Wildman–Crippen MR) is 185 cm³/mol. The molecule has 256 valence electrons. The standard InChI is InChI=1S/C38H75NO4/c1-3-5-7-9-11-12-13-14-15-16-17-18-19-20-21-22-23-24-26-28-30-32-37(42)36(34-40)39-38(43)33-35(41)31-29-27-25-10-8-6-4-2/h27,29,35-37,40-42H,3-26,28,30-34H2,1-2H3,(H,39,43)/b29-27-. The highest BCUT2D eigenvalue weighted by atomic mass is 16.3. The predicted octanol–water partition coefficient (Wildman–Crippen LogP) is 10.1. The monoisotopic (exact) mass is 610 g/mol. The van der Waals surface area contributed by atoms with Crippen molar-refractivity contribution < 1.29 is 20.1 Å². The molecule has 5 heteroatoms. The first-order valence-electron chi connectivity index (χ1n) is 19.0. The van der Waals surface area contributed by atoms with Crippen LogP contribution in [0.1, 0.15) is 200 Å². The summed E-state index contributed by atoms with van der Waals surface area (Å²) in [7, 11) is 0. The number of hydrogen-bond acceptors (Lipinski definition) is 4. The fourth-order valence-corrected chi connectivity index (χ4v) is 5.87. The summed E-state index contributed by atoms with van der Waals surface area (Å²) in [5.41, 5.74) is 0. The van der Waals surface area contributed by atoms with Gasteiger partial charge in [0.15, 0.2) is 0 Å². The molecule has 0 spiro atoms. The summed E-state index contributed by atoms with van der Waals surface area (Å²) in [6, 6.07) is -0.668. The minimum absolute atomic E-state index is 0.0112. The molecule has 0 aromatic heterocycles. The SMILES string of the molecule is CCCCCC/C=C\CC(O)CC(=O)NC(CO)C(O)CCCCCCCCCCCCCCCCCCCCCCC. The normalized spacial score (nSPS) is 13.9. The summed E-state index contributed by atoms with van der Waals surface area (Å²) >= 11 is 0. The minimum Gasteiger partial charge on any atom is -0.394 e. The van der Waals surface area contributed by atoms with Gasteiger partial charge in [0.1, 0.15) is 0 Å². The van der Waals surface area contributed by atoms with Gasteiger partial charge in [-0.3, -0.25) is 4.79 Å². The molecule has 0 aromatic carbocycles. The van der Waals surface area contributed by atoms with Gasteiger partial charge < -0.3 is 20.6 Å². The van der Waals surface area contributed by atoms with E-state index in [4.69, 9.17) is 0 Å². The van der Waals surface area contributed by atoms with E-state index in [1.54, 1.807) is 0 Å². The summed E-state index contributed by atoms with van der Waals surface area (Å²) in [6.07, 6.45) is 37.7. The van der Waals surface area contributed by atoms with Crippen molar-refractivity contribution in [2.24, 2.45) is 0 Å². The van der Waals surface area contributed by atoms with Gasteiger partial charge >= 0.3 is 0 Å². The first-order valence-corrected chi connectivity index (χ1v) is 19.0. The van der Waals surface area contributed by atoms with Gasteiger partial charge in [-0.2, -0.15) is 0 Å². The Morgan fingerprint density at radius 2 is 0.977 bits per heavy atom. The highest BCUT2D eigenvalue weighted by Crippen LogP contribution is 2.16. The fourth-order valence-electron chi connectivity index (χ4n) is 5.87. The van der Waals surface area contributed by atoms with Gasteiger partial charge in [-0.25, -0.2) is 0 Å². The molecule has 0 aromatic rings. The van der Waals surface area contributed by atoms with Crippen molar-refractivity contribution in [3.8, 4) is 0 Å². The van der Waals surface area contributed by atoms with Gasteiger partial charge in [0.2, 0.25) is 5.91 Å². The lowest BCUT2D eigenvalue weighted by Gasteiger charge is -2.23. The largest absolute Gasteiger partial charge is 0.394 e. The van der Waals surface area contributed by atoms with Crippen molar-refractivity contribution in [3.05, 3.63) is 12.2 Å². The van der Waals surface area contributed by atoms with Gasteiger partial charge in [-0.05, 0) is 25.7 Å². The third kappa shape index (κ3) is 30.9. The van der Waals surface area contributed by atoms with E-state index in [9.17, 15) is 20.1 Å². The summed E-state index contributed by atoms with van der Waals surface area (Å²) in [5.74, 6) is -0.319. The van der Waals surface area contributed by atoms with Gasteiger partial charge in [0, 0.05) is 0 Å². The Balaban J connectivity index is 3.58. The lowest BCUT2D eigenvalue weighted by atomic mass is 10.0. The van der Waals surface area contributed by atoms with E-state index in [0.717, 1.165) is 25.7 Å². The highest BCUT2D eigenvalue weighted by Gasteiger charge is 2.21. The zero-order valence-corrected chi connectivity index (χ0v) is 28.8. The molecule has 4 N–H and O–H groups in total. The summed E-state index contributed by atoms with van der Waals surface area (Å²) in [5, 5.41) is 33.0. The summed E-state index contributed by atoms with van der Waals surface area (Å²) < 4.78 is 0. The Morgan fingerprint density at radius 1 is 0.581 bits per heavy atom. The maximum Gasteiger partial charge on any atom is 0.222 e. The molecule has 3 atom stereocenters. The molecule has 43 heavy (non-hydrogen) atoms. The number of carbonyl (C=O) groups excluding carboxylic acids is 1. The van der Waals surface area contributed by atoms with Gasteiger partial charge in [-0.15, -0.1) is 0 Å². The Kier molecular flexibility index (Phi) is 33.3. The number of amides is 1. The number of nitrogens with one attached hydrogen (secondary N) is 1. The number of hydrogen-bond donors (Lipinski definition) is 4. The third-order valence-electron chi connectivity index (χ3n) is 8.83. The zero-order valence-electron chi connectivity index (χ0n) is 28.8. The number of aliphatic hydroxyl groups is 3. The molecule has 1 amide bonds. The molecule has 0 rings (SSSR count). The van der Waals surface area contributed by atoms with E-state index < -0.39 is 18.2 Å². The molecule has 0 saturated carbocycles. The second kappa shape index (κ2) is 34.0. The van der Waals surface area contributed by atoms with Crippen LogP contribution in [0.4, 0.5) is 0 Å². The molecule has 0 aliphatic carbocycles. The fraction of sp³-hybridized carbons (Fsp3) is 0.921. The molecule has 0 aliphatic rings. The van der Waals surface area contributed by atoms with E-state index in [2.05, 4.69) is 25.2 Å². The van der Waals surface area contributed by atoms with Crippen LogP contribution >= 0.6 is 0 Å². The average molecular weight is 610 g/mol. The van der Waals surface area contributed by atoms with Crippen LogP contribution in [-0.4, -0.2) is 46.1 Å². The van der Waals surface area contributed by atoms with Crippen LogP contribution in [0.5, 0.6) is 0 Å². The Labute approximate surface area is 268 Å². The number of rotatable bonds is 34. The second-order valence-corrected chi connectivity index (χ2v) is 13.2. The summed E-state index contributed by atoms with van der Waals surface area (Å²) in [4.78, 5) is 12.3. The van der Waals surface area contributed by atoms with E-state index in [0.29, 0.717) is 12.8 Å². The van der Waals surface area contributed by atoms with Crippen molar-refractivity contribution in [1.82, 2.24) is 5.32 Å². The smallest absolute Gasteiger partial charge is 0.222 e. The quantitative estimate of drug-likeness (QED) is 0.0432. The first kappa shape index (κ1) is 42.1. The molecule has 3 unspecified atom stereocenters. The van der Waals surface area contributed by atoms with E-state index in [1.165, 1.54) is 141 Å². The van der Waals surface area contributed by atoms with Gasteiger partial charge in [0.25, 0.3) is 0 Å². The number of allylic oxidation sites excluding steroid dienone is 1. The lowest BCUT2D eigenvalue weighted by Crippen LogP contribution is -2.46. The molecular weight excluding hydrogens is 534 g/mol. The van der Waals surface area contributed by atoms with Crippen molar-refractivity contribution in [1.29, 1.82) is 0 Å². The minimum atomic E-state index is -0.755. The zero-order chi connectivity index (χ0) is 31.6. The Morgan fingerprint density at radius 3 is 1.40 bits per heavy atom. The van der Waals surface area contributed by atoms with Crippen molar-refractivity contribution in [2.75, 3.05) is 6.61 Å². The van der Waals surface area contributed by atoms with E-state index in [-0.39, 0.29) is 18.9 Å². The van der Waals surface area contributed by atoms with Crippen LogP contribution < -0.4 is 5.32 Å². The maximum absolute atomic E-state index is 12.3. The van der Waals surface area contributed by atoms with Gasteiger partial charge in [0.05, 0.1) is 31.3 Å². The average Bonchev–Trinajstić information content (AvgIpc) is 3.00. The Hall–Kier alpha value is -0.910. The third-order valence-corrected chi connectivity index (χ3v) is 8.83. The molecule has 0 fully saturated rings. The molecule has 0 heterocycles. The van der Waals surface area contributed by atoms with Crippen molar-refractivity contribution >= 4 is 5.91 Å². The van der Waals surface area contributed by atoms with Crippen molar-refractivity contribution in [2.45, 2.75) is 218 Å². The maximum atomic E-state index is 12.3. The van der Waals surface area contributed by atoms with Crippen LogP contribution in [0.15, 0.2) is 12.2 Å². The molecule has 0 bridgehead atoms. The van der Waals surface area contributed by atoms with Crippen molar-refractivity contribution in [3.63, 3.8) is 0 Å². The first-order chi connectivity index (χ1) is 21.0. The topological polar surface area (TPSA) is 89.8 Å². The van der Waals surface area contributed by atoms with Gasteiger partial charge in [-0.1, -0.05) is 180 Å². The number of aliphatic hydroxyl groups excluding tert-OH is 3. The van der Waals surface area contributed by atoms with Crippen LogP contribution in [0.2, 0.25) is 0 Å². The number of unbranched alkanes of at least 4 members (excludes halogenated alkanes) is 24.